The number of carbonyl (C=O) groups is 1. The maximum absolute atomic E-state index is 11.9. The molecule has 0 saturated carbocycles. The standard InChI is InChI=1S/C15H15Cl2N3O/c1-2-13(15-18-7-8-19-15)20-14(21)6-4-10-3-5-11(16)12(17)9-10/h3-9,13H,2H2,1H3,(H,18,19)(H,20,21)/b6-4+. The van der Waals surface area contributed by atoms with Crippen molar-refractivity contribution in [1.82, 2.24) is 15.3 Å². The molecule has 21 heavy (non-hydrogen) atoms. The molecule has 1 unspecified atom stereocenters. The average molecular weight is 324 g/mol. The van der Waals surface area contributed by atoms with Crippen molar-refractivity contribution >= 4 is 35.2 Å². The van der Waals surface area contributed by atoms with Crippen LogP contribution in [0.5, 0.6) is 0 Å². The van der Waals surface area contributed by atoms with Crippen LogP contribution in [-0.2, 0) is 4.79 Å². The third kappa shape index (κ3) is 4.34. The number of hydrogen-bond acceptors (Lipinski definition) is 2. The number of hydrogen-bond donors (Lipinski definition) is 2. The molecule has 1 atom stereocenters. The second-order valence-electron chi connectivity index (χ2n) is 4.45. The summed E-state index contributed by atoms with van der Waals surface area (Å²) < 4.78 is 0. The fourth-order valence-electron chi connectivity index (χ4n) is 1.84. The summed E-state index contributed by atoms with van der Waals surface area (Å²) in [4.78, 5) is 19.1. The first-order valence-corrected chi connectivity index (χ1v) is 7.28. The van der Waals surface area contributed by atoms with Gasteiger partial charge >= 0.3 is 0 Å². The van der Waals surface area contributed by atoms with Crippen molar-refractivity contribution in [2.24, 2.45) is 0 Å². The Morgan fingerprint density at radius 2 is 2.24 bits per heavy atom. The molecule has 0 aliphatic carbocycles. The van der Waals surface area contributed by atoms with E-state index in [4.69, 9.17) is 23.2 Å². The molecule has 0 aliphatic heterocycles. The first kappa shape index (κ1) is 15.6. The number of carbonyl (C=O) groups excluding carboxylic acids is 1. The number of nitrogens with one attached hydrogen (secondary N) is 2. The second kappa shape index (κ2) is 7.29. The molecule has 2 aromatic rings. The molecule has 6 heteroatoms. The van der Waals surface area contributed by atoms with Crippen molar-refractivity contribution in [2.45, 2.75) is 19.4 Å². The highest BCUT2D eigenvalue weighted by Crippen LogP contribution is 2.23. The monoisotopic (exact) mass is 323 g/mol. The molecule has 1 amide bonds. The Bertz CT molecular complexity index is 638. The van der Waals surface area contributed by atoms with Crippen LogP contribution in [0.2, 0.25) is 10.0 Å². The van der Waals surface area contributed by atoms with Gasteiger partial charge in [0.2, 0.25) is 5.91 Å². The number of imidazole rings is 1. The summed E-state index contributed by atoms with van der Waals surface area (Å²) in [6.45, 7) is 1.98. The summed E-state index contributed by atoms with van der Waals surface area (Å²) in [5, 5.41) is 3.83. The Balaban J connectivity index is 2.00. The van der Waals surface area contributed by atoms with Gasteiger partial charge in [0.15, 0.2) is 0 Å². The van der Waals surface area contributed by atoms with Crippen LogP contribution in [-0.4, -0.2) is 15.9 Å². The Kier molecular flexibility index (Phi) is 5.42. The number of amides is 1. The van der Waals surface area contributed by atoms with Crippen LogP contribution < -0.4 is 5.32 Å². The summed E-state index contributed by atoms with van der Waals surface area (Å²) >= 11 is 11.8. The minimum absolute atomic E-state index is 0.133. The van der Waals surface area contributed by atoms with E-state index in [0.29, 0.717) is 10.0 Å². The van der Waals surface area contributed by atoms with Gasteiger partial charge in [-0.1, -0.05) is 36.2 Å². The van der Waals surface area contributed by atoms with E-state index < -0.39 is 0 Å². The first-order valence-electron chi connectivity index (χ1n) is 6.53. The van der Waals surface area contributed by atoms with Gasteiger partial charge in [-0.05, 0) is 30.2 Å². The van der Waals surface area contributed by atoms with E-state index in [1.807, 2.05) is 6.92 Å². The number of H-pyrrole nitrogens is 1. The largest absolute Gasteiger partial charge is 0.347 e. The molecule has 110 valence electrons. The fourth-order valence-corrected chi connectivity index (χ4v) is 2.15. The zero-order chi connectivity index (χ0) is 15.2. The lowest BCUT2D eigenvalue weighted by Crippen LogP contribution is -2.27. The quantitative estimate of drug-likeness (QED) is 0.817. The van der Waals surface area contributed by atoms with Crippen LogP contribution in [0, 0.1) is 0 Å². The molecular weight excluding hydrogens is 309 g/mol. The van der Waals surface area contributed by atoms with Crippen LogP contribution in [0.1, 0.15) is 30.8 Å². The third-order valence-corrected chi connectivity index (χ3v) is 3.68. The molecule has 2 N–H and O–H groups in total. The maximum atomic E-state index is 11.9. The average Bonchev–Trinajstić information content (AvgIpc) is 3.00. The van der Waals surface area contributed by atoms with Gasteiger partial charge in [-0.3, -0.25) is 4.79 Å². The molecule has 0 bridgehead atoms. The number of halogens is 2. The maximum Gasteiger partial charge on any atom is 0.244 e. The minimum atomic E-state index is -0.190. The molecule has 0 fully saturated rings. The Morgan fingerprint density at radius 3 is 2.86 bits per heavy atom. The number of aromatic amines is 1. The van der Waals surface area contributed by atoms with E-state index in [-0.39, 0.29) is 11.9 Å². The zero-order valence-electron chi connectivity index (χ0n) is 11.4. The van der Waals surface area contributed by atoms with E-state index >= 15 is 0 Å². The minimum Gasteiger partial charge on any atom is -0.347 e. The Morgan fingerprint density at radius 1 is 1.43 bits per heavy atom. The van der Waals surface area contributed by atoms with E-state index in [0.717, 1.165) is 17.8 Å². The Labute approximate surface area is 133 Å². The lowest BCUT2D eigenvalue weighted by molar-refractivity contribution is -0.117. The SMILES string of the molecule is CCC(NC(=O)/C=C/c1ccc(Cl)c(Cl)c1)c1ncc[nH]1. The molecule has 1 aromatic heterocycles. The normalized spacial score (nSPS) is 12.5. The van der Waals surface area contributed by atoms with Crippen molar-refractivity contribution in [1.29, 1.82) is 0 Å². The summed E-state index contributed by atoms with van der Waals surface area (Å²) in [5.41, 5.74) is 0.811. The summed E-state index contributed by atoms with van der Waals surface area (Å²) in [6, 6.07) is 5.06. The van der Waals surface area contributed by atoms with Crippen molar-refractivity contribution in [3.63, 3.8) is 0 Å². The molecule has 0 radical (unpaired) electrons. The number of rotatable bonds is 5. The molecule has 2 rings (SSSR count). The predicted octanol–water partition coefficient (Wildman–Crippen LogP) is 4.00. The van der Waals surface area contributed by atoms with E-state index in [1.54, 1.807) is 36.7 Å². The topological polar surface area (TPSA) is 57.8 Å². The van der Waals surface area contributed by atoms with Gasteiger partial charge in [0, 0.05) is 18.5 Å². The van der Waals surface area contributed by atoms with Crippen LogP contribution >= 0.6 is 23.2 Å². The third-order valence-electron chi connectivity index (χ3n) is 2.94. The molecular formula is C15H15Cl2N3O. The van der Waals surface area contributed by atoms with E-state index in [1.165, 1.54) is 6.08 Å². The smallest absolute Gasteiger partial charge is 0.244 e. The van der Waals surface area contributed by atoms with Crippen LogP contribution in [0.15, 0.2) is 36.7 Å². The molecule has 0 spiro atoms. The van der Waals surface area contributed by atoms with Gasteiger partial charge in [0.25, 0.3) is 0 Å². The van der Waals surface area contributed by atoms with Crippen molar-refractivity contribution in [3.8, 4) is 0 Å². The summed E-state index contributed by atoms with van der Waals surface area (Å²) in [6.07, 6.45) is 7.29. The lowest BCUT2D eigenvalue weighted by Gasteiger charge is -2.12. The Hall–Kier alpha value is -1.78. The van der Waals surface area contributed by atoms with Gasteiger partial charge in [0.1, 0.15) is 5.82 Å². The van der Waals surface area contributed by atoms with Gasteiger partial charge < -0.3 is 10.3 Å². The number of nitrogens with zero attached hydrogens (tertiary/aromatic N) is 1. The van der Waals surface area contributed by atoms with Gasteiger partial charge in [-0.25, -0.2) is 4.98 Å². The van der Waals surface area contributed by atoms with Gasteiger partial charge in [-0.2, -0.15) is 0 Å². The molecule has 0 aliphatic rings. The molecule has 1 aromatic carbocycles. The zero-order valence-corrected chi connectivity index (χ0v) is 12.9. The summed E-state index contributed by atoms with van der Waals surface area (Å²) in [5.74, 6) is 0.554. The van der Waals surface area contributed by atoms with Gasteiger partial charge in [0.05, 0.1) is 16.1 Å². The molecule has 0 saturated heterocycles. The molecule has 4 nitrogen and oxygen atoms in total. The first-order chi connectivity index (χ1) is 10.1. The second-order valence-corrected chi connectivity index (χ2v) is 5.27. The number of aromatic nitrogens is 2. The van der Waals surface area contributed by atoms with Crippen LogP contribution in [0.25, 0.3) is 6.08 Å². The van der Waals surface area contributed by atoms with Crippen LogP contribution in [0.3, 0.4) is 0 Å². The van der Waals surface area contributed by atoms with Gasteiger partial charge in [-0.15, -0.1) is 0 Å². The number of benzene rings is 1. The fraction of sp³-hybridized carbons (Fsp3) is 0.200. The van der Waals surface area contributed by atoms with Crippen molar-refractivity contribution in [3.05, 3.63) is 58.1 Å². The molecule has 1 heterocycles. The highest BCUT2D eigenvalue weighted by molar-refractivity contribution is 6.42. The van der Waals surface area contributed by atoms with E-state index in [9.17, 15) is 4.79 Å². The van der Waals surface area contributed by atoms with Crippen LogP contribution in [0.4, 0.5) is 0 Å². The summed E-state index contributed by atoms with van der Waals surface area (Å²) in [7, 11) is 0. The van der Waals surface area contributed by atoms with Crippen molar-refractivity contribution in [2.75, 3.05) is 0 Å². The predicted molar refractivity (Wildman–Crippen MR) is 85.3 cm³/mol. The highest BCUT2D eigenvalue weighted by Gasteiger charge is 2.12. The van der Waals surface area contributed by atoms with Crippen molar-refractivity contribution < 1.29 is 4.79 Å². The van der Waals surface area contributed by atoms with E-state index in [2.05, 4.69) is 15.3 Å². The highest BCUT2D eigenvalue weighted by atomic mass is 35.5. The lowest BCUT2D eigenvalue weighted by atomic mass is 10.2.